The van der Waals surface area contributed by atoms with Crippen LogP contribution in [0.4, 0.5) is 5.69 Å². The lowest BCUT2D eigenvalue weighted by Gasteiger charge is -2.14. The molecular weight excluding hydrogens is 532 g/mol. The number of hydrogen-bond acceptors (Lipinski definition) is 6. The predicted octanol–water partition coefficient (Wildman–Crippen LogP) is 5.70. The zero-order chi connectivity index (χ0) is 25.8. The number of carbonyl (C=O) groups excluding carboxylic acids is 1. The van der Waals surface area contributed by atoms with Gasteiger partial charge in [-0.1, -0.05) is 35.4 Å². The minimum atomic E-state index is -4.12. The Bertz CT molecular complexity index is 1460. The van der Waals surface area contributed by atoms with E-state index in [1.165, 1.54) is 37.5 Å². The van der Waals surface area contributed by atoms with Crippen LogP contribution in [0.1, 0.15) is 22.3 Å². The molecule has 1 amide bonds. The monoisotopic (exact) mass is 554 g/mol. The van der Waals surface area contributed by atoms with Crippen molar-refractivity contribution in [2.24, 2.45) is 0 Å². The molecule has 0 bridgehead atoms. The highest BCUT2D eigenvalue weighted by molar-refractivity contribution is 9.10. The summed E-state index contributed by atoms with van der Waals surface area (Å²) >= 11 is 3.31. The smallest absolute Gasteiger partial charge is 0.339 e. The van der Waals surface area contributed by atoms with Gasteiger partial charge in [0.05, 0.1) is 11.6 Å². The first-order valence-corrected chi connectivity index (χ1v) is 12.6. The molecule has 3 aromatic carbocycles. The lowest BCUT2D eigenvalue weighted by Crippen LogP contribution is -2.14. The Morgan fingerprint density at radius 1 is 1.03 bits per heavy atom. The average Bonchev–Trinajstić information content (AvgIpc) is 2.80. The second-order valence-electron chi connectivity index (χ2n) is 7.83. The molecule has 0 aliphatic rings. The van der Waals surface area contributed by atoms with Crippen molar-refractivity contribution in [1.29, 1.82) is 5.26 Å². The Kier molecular flexibility index (Phi) is 7.99. The van der Waals surface area contributed by atoms with Gasteiger partial charge in [0, 0.05) is 5.69 Å². The number of nitriles is 1. The first-order valence-electron chi connectivity index (χ1n) is 10.4. The van der Waals surface area contributed by atoms with Gasteiger partial charge in [-0.05, 0) is 84.2 Å². The van der Waals surface area contributed by atoms with Crippen molar-refractivity contribution in [1.82, 2.24) is 0 Å². The third-order valence-corrected chi connectivity index (χ3v) is 6.89. The van der Waals surface area contributed by atoms with Crippen molar-refractivity contribution in [3.63, 3.8) is 0 Å². The molecule has 3 aromatic rings. The Hall–Kier alpha value is -3.61. The highest BCUT2D eigenvalue weighted by Crippen LogP contribution is 2.39. The van der Waals surface area contributed by atoms with Crippen LogP contribution in [-0.4, -0.2) is 21.4 Å². The lowest BCUT2D eigenvalue weighted by atomic mass is 10.1. The van der Waals surface area contributed by atoms with Gasteiger partial charge in [0.25, 0.3) is 5.91 Å². The van der Waals surface area contributed by atoms with E-state index in [9.17, 15) is 18.5 Å². The Labute approximate surface area is 213 Å². The highest BCUT2D eigenvalue weighted by atomic mass is 79.9. The number of methoxy groups -OCH3 is 1. The molecule has 7 nitrogen and oxygen atoms in total. The second kappa shape index (κ2) is 10.8. The van der Waals surface area contributed by atoms with Crippen LogP contribution in [-0.2, 0) is 14.9 Å². The number of hydrogen-bond donors (Lipinski definition) is 1. The maximum absolute atomic E-state index is 12.7. The molecule has 0 heterocycles. The number of aryl methyl sites for hydroxylation is 3. The maximum atomic E-state index is 12.7. The summed E-state index contributed by atoms with van der Waals surface area (Å²) in [6.45, 7) is 5.66. The van der Waals surface area contributed by atoms with E-state index in [0.717, 1.165) is 16.7 Å². The van der Waals surface area contributed by atoms with Crippen molar-refractivity contribution in [3.8, 4) is 17.6 Å². The average molecular weight is 555 g/mol. The van der Waals surface area contributed by atoms with Crippen LogP contribution in [0.25, 0.3) is 6.08 Å². The minimum absolute atomic E-state index is 0.00383. The van der Waals surface area contributed by atoms with Crippen molar-refractivity contribution < 1.29 is 22.1 Å². The minimum Gasteiger partial charge on any atom is -0.493 e. The van der Waals surface area contributed by atoms with Crippen molar-refractivity contribution in [2.45, 2.75) is 25.7 Å². The molecule has 0 aromatic heterocycles. The summed E-state index contributed by atoms with van der Waals surface area (Å²) in [6.07, 6.45) is 1.38. The number of ether oxygens (including phenoxy) is 1. The van der Waals surface area contributed by atoms with Gasteiger partial charge in [-0.2, -0.15) is 13.7 Å². The number of carbonyl (C=O) groups is 1. The molecule has 0 radical (unpaired) electrons. The summed E-state index contributed by atoms with van der Waals surface area (Å²) < 4.78 is 36.4. The highest BCUT2D eigenvalue weighted by Gasteiger charge is 2.22. The molecule has 0 aliphatic carbocycles. The third-order valence-electron chi connectivity index (χ3n) is 5.06. The first kappa shape index (κ1) is 26.0. The molecule has 0 unspecified atom stereocenters. The van der Waals surface area contributed by atoms with Crippen molar-refractivity contribution in [3.05, 3.63) is 86.9 Å². The molecule has 180 valence electrons. The zero-order valence-corrected chi connectivity index (χ0v) is 22.0. The number of benzene rings is 3. The predicted molar refractivity (Wildman–Crippen MR) is 138 cm³/mol. The number of anilines is 1. The first-order chi connectivity index (χ1) is 16.5. The van der Waals surface area contributed by atoms with E-state index in [4.69, 9.17) is 8.92 Å². The number of nitrogens with one attached hydrogen (secondary N) is 1. The SMILES string of the molecule is COc1cc(/C=C(\C#N)C(=O)Nc2ccc(C)cc2C)cc(Br)c1OS(=O)(=O)c1ccc(C)cc1. The summed E-state index contributed by atoms with van der Waals surface area (Å²) in [5.41, 5.74) is 3.73. The molecule has 0 spiro atoms. The topological polar surface area (TPSA) is 105 Å². The van der Waals surface area contributed by atoms with Crippen LogP contribution in [0.3, 0.4) is 0 Å². The van der Waals surface area contributed by atoms with Gasteiger partial charge < -0.3 is 14.2 Å². The number of amides is 1. The molecule has 0 aliphatic heterocycles. The normalized spacial score (nSPS) is 11.5. The van der Waals surface area contributed by atoms with Crippen molar-refractivity contribution >= 4 is 43.7 Å². The fourth-order valence-corrected chi connectivity index (χ4v) is 4.83. The van der Waals surface area contributed by atoms with Gasteiger partial charge in [0.1, 0.15) is 16.5 Å². The molecule has 0 saturated carbocycles. The van der Waals surface area contributed by atoms with E-state index < -0.39 is 16.0 Å². The summed E-state index contributed by atoms with van der Waals surface area (Å²) in [6, 6.07) is 16.7. The molecule has 35 heavy (non-hydrogen) atoms. The Morgan fingerprint density at radius 2 is 1.69 bits per heavy atom. The Morgan fingerprint density at radius 3 is 2.29 bits per heavy atom. The van der Waals surface area contributed by atoms with Crippen LogP contribution in [0.2, 0.25) is 0 Å². The summed E-state index contributed by atoms with van der Waals surface area (Å²) in [7, 11) is -2.76. The molecule has 1 N–H and O–H groups in total. The van der Waals surface area contributed by atoms with Crippen LogP contribution >= 0.6 is 15.9 Å². The lowest BCUT2D eigenvalue weighted by molar-refractivity contribution is -0.112. The third kappa shape index (κ3) is 6.29. The van der Waals surface area contributed by atoms with Crippen LogP contribution in [0.5, 0.6) is 11.5 Å². The van der Waals surface area contributed by atoms with Crippen LogP contribution < -0.4 is 14.2 Å². The van der Waals surface area contributed by atoms with Gasteiger partial charge >= 0.3 is 10.1 Å². The molecule has 0 atom stereocenters. The van der Waals surface area contributed by atoms with Crippen LogP contribution in [0.15, 0.2) is 69.5 Å². The number of halogens is 1. The zero-order valence-electron chi connectivity index (χ0n) is 19.5. The fraction of sp³-hybridized carbons (Fsp3) is 0.154. The second-order valence-corrected chi connectivity index (χ2v) is 10.2. The summed E-state index contributed by atoms with van der Waals surface area (Å²) in [5, 5.41) is 12.3. The van der Waals surface area contributed by atoms with Gasteiger partial charge in [0.2, 0.25) is 0 Å². The molecule has 0 saturated heterocycles. The largest absolute Gasteiger partial charge is 0.493 e. The van der Waals surface area contributed by atoms with E-state index in [2.05, 4.69) is 21.2 Å². The van der Waals surface area contributed by atoms with Gasteiger partial charge in [-0.25, -0.2) is 0 Å². The molecule has 3 rings (SSSR count). The standard InChI is InChI=1S/C26H23BrN2O5S/c1-16-5-8-21(9-6-16)35(31,32)34-25-22(27)13-19(14-24(25)33-4)12-20(15-28)26(30)29-23-10-7-17(2)11-18(23)3/h5-14H,1-4H3,(H,29,30)/b20-12+. The van der Waals surface area contributed by atoms with E-state index in [0.29, 0.717) is 11.3 Å². The van der Waals surface area contributed by atoms with Gasteiger partial charge in [-0.3, -0.25) is 4.79 Å². The fourth-order valence-electron chi connectivity index (χ4n) is 3.23. The van der Waals surface area contributed by atoms with E-state index in [1.807, 2.05) is 39.0 Å². The van der Waals surface area contributed by atoms with E-state index in [-0.39, 0.29) is 26.4 Å². The van der Waals surface area contributed by atoms with E-state index >= 15 is 0 Å². The molecule has 9 heteroatoms. The quantitative estimate of drug-likeness (QED) is 0.228. The summed E-state index contributed by atoms with van der Waals surface area (Å²) in [5.74, 6) is -0.520. The Balaban J connectivity index is 1.91. The number of rotatable bonds is 7. The van der Waals surface area contributed by atoms with Gasteiger partial charge in [-0.15, -0.1) is 0 Å². The van der Waals surface area contributed by atoms with Crippen molar-refractivity contribution in [2.75, 3.05) is 12.4 Å². The molecular formula is C26H23BrN2O5S. The maximum Gasteiger partial charge on any atom is 0.339 e. The van der Waals surface area contributed by atoms with Crippen LogP contribution in [0, 0.1) is 32.1 Å². The van der Waals surface area contributed by atoms with Gasteiger partial charge in [0.15, 0.2) is 11.5 Å². The van der Waals surface area contributed by atoms with E-state index in [1.54, 1.807) is 18.2 Å². The molecule has 0 fully saturated rings. The number of nitrogens with zero attached hydrogens (tertiary/aromatic N) is 1. The summed E-state index contributed by atoms with van der Waals surface area (Å²) in [4.78, 5) is 12.7.